The Morgan fingerprint density at radius 3 is 2.88 bits per heavy atom. The number of hydrazine groups is 1. The third-order valence-corrected chi connectivity index (χ3v) is 2.69. The van der Waals surface area contributed by atoms with Crippen molar-refractivity contribution < 1.29 is 4.39 Å². The molecule has 16 heavy (non-hydrogen) atoms. The van der Waals surface area contributed by atoms with Crippen molar-refractivity contribution >= 4 is 11.6 Å². The van der Waals surface area contributed by atoms with Crippen molar-refractivity contribution in [3.05, 3.63) is 34.6 Å². The smallest absolute Gasteiger partial charge is 0.129 e. The fourth-order valence-electron chi connectivity index (χ4n) is 1.56. The van der Waals surface area contributed by atoms with Gasteiger partial charge in [-0.3, -0.25) is 11.3 Å². The van der Waals surface area contributed by atoms with Crippen molar-refractivity contribution in [3.63, 3.8) is 0 Å². The van der Waals surface area contributed by atoms with Crippen molar-refractivity contribution in [1.82, 2.24) is 5.43 Å². The maximum Gasteiger partial charge on any atom is 0.129 e. The Bertz CT molecular complexity index is 367. The van der Waals surface area contributed by atoms with E-state index in [2.05, 4.69) is 11.3 Å². The molecule has 0 fully saturated rings. The molecule has 0 spiro atoms. The van der Waals surface area contributed by atoms with Crippen molar-refractivity contribution in [1.29, 1.82) is 0 Å². The quantitative estimate of drug-likeness (QED) is 0.360. The molecule has 0 saturated carbocycles. The summed E-state index contributed by atoms with van der Waals surface area (Å²) in [6, 6.07) is 4.27. The Morgan fingerprint density at radius 1 is 1.56 bits per heavy atom. The van der Waals surface area contributed by atoms with E-state index >= 15 is 0 Å². The summed E-state index contributed by atoms with van der Waals surface area (Å²) in [4.78, 5) is 0. The van der Waals surface area contributed by atoms with Gasteiger partial charge in [-0.05, 0) is 25.0 Å². The molecule has 0 radical (unpaired) electrons. The molecule has 0 aliphatic carbocycles. The Balaban J connectivity index is 2.83. The Kier molecular flexibility index (Phi) is 5.27. The van der Waals surface area contributed by atoms with Crippen LogP contribution in [0.25, 0.3) is 0 Å². The second-order valence-corrected chi connectivity index (χ2v) is 3.86. The van der Waals surface area contributed by atoms with Crippen LogP contribution in [0.5, 0.6) is 0 Å². The zero-order valence-electron chi connectivity index (χ0n) is 8.84. The lowest BCUT2D eigenvalue weighted by atomic mass is 10.0. The van der Waals surface area contributed by atoms with Gasteiger partial charge in [0.05, 0.1) is 6.04 Å². The van der Waals surface area contributed by atoms with Crippen LogP contribution >= 0.6 is 11.6 Å². The zero-order chi connectivity index (χ0) is 12.0. The summed E-state index contributed by atoms with van der Waals surface area (Å²) >= 11 is 5.94. The van der Waals surface area contributed by atoms with Gasteiger partial charge >= 0.3 is 0 Å². The van der Waals surface area contributed by atoms with Crippen LogP contribution in [-0.2, 0) is 0 Å². The highest BCUT2D eigenvalue weighted by Crippen LogP contribution is 2.28. The van der Waals surface area contributed by atoms with Gasteiger partial charge in [-0.25, -0.2) is 4.39 Å². The van der Waals surface area contributed by atoms with E-state index in [-0.39, 0.29) is 11.9 Å². The van der Waals surface area contributed by atoms with Crippen molar-refractivity contribution in [2.45, 2.75) is 25.3 Å². The van der Waals surface area contributed by atoms with Crippen LogP contribution in [0.2, 0.25) is 5.02 Å². The van der Waals surface area contributed by atoms with Gasteiger partial charge in [-0.15, -0.1) is 12.3 Å². The summed E-state index contributed by atoms with van der Waals surface area (Å²) < 4.78 is 13.6. The maximum absolute atomic E-state index is 13.6. The van der Waals surface area contributed by atoms with E-state index in [0.717, 1.165) is 6.42 Å². The van der Waals surface area contributed by atoms with E-state index in [1.165, 1.54) is 6.07 Å². The molecule has 0 aliphatic rings. The van der Waals surface area contributed by atoms with Crippen molar-refractivity contribution in [2.24, 2.45) is 5.84 Å². The number of nitrogens with one attached hydrogen (secondary N) is 1. The minimum absolute atomic E-state index is 0.304. The van der Waals surface area contributed by atoms with Crippen molar-refractivity contribution in [2.75, 3.05) is 0 Å². The van der Waals surface area contributed by atoms with Crippen LogP contribution in [0.4, 0.5) is 4.39 Å². The third kappa shape index (κ3) is 3.21. The van der Waals surface area contributed by atoms with E-state index in [1.807, 2.05) is 0 Å². The topological polar surface area (TPSA) is 38.0 Å². The van der Waals surface area contributed by atoms with Crippen LogP contribution < -0.4 is 11.3 Å². The highest BCUT2D eigenvalue weighted by molar-refractivity contribution is 6.31. The second-order valence-electron chi connectivity index (χ2n) is 3.45. The standard InChI is InChI=1S/C12H14ClFN2/c1-2-3-4-8-11(16-15)12-9(13)6-5-7-10(12)14/h1,5-7,11,16H,3-4,8,15H2. The lowest BCUT2D eigenvalue weighted by molar-refractivity contribution is 0.475. The van der Waals surface area contributed by atoms with Gasteiger partial charge in [0, 0.05) is 17.0 Å². The predicted octanol–water partition coefficient (Wildman–Crippen LogP) is 2.79. The van der Waals surface area contributed by atoms with E-state index in [1.54, 1.807) is 12.1 Å². The summed E-state index contributed by atoms with van der Waals surface area (Å²) in [5.74, 6) is 7.58. The maximum atomic E-state index is 13.6. The highest BCUT2D eigenvalue weighted by atomic mass is 35.5. The minimum Gasteiger partial charge on any atom is -0.271 e. The van der Waals surface area contributed by atoms with Gasteiger partial charge in [-0.1, -0.05) is 17.7 Å². The van der Waals surface area contributed by atoms with Crippen LogP contribution in [-0.4, -0.2) is 0 Å². The molecule has 1 aromatic rings. The molecule has 0 amide bonds. The van der Waals surface area contributed by atoms with Gasteiger partial charge in [0.2, 0.25) is 0 Å². The number of nitrogens with two attached hydrogens (primary N) is 1. The van der Waals surface area contributed by atoms with Crippen LogP contribution in [0.3, 0.4) is 0 Å². The Hall–Kier alpha value is -1.08. The van der Waals surface area contributed by atoms with E-state index < -0.39 is 0 Å². The van der Waals surface area contributed by atoms with Crippen LogP contribution in [0, 0.1) is 18.2 Å². The largest absolute Gasteiger partial charge is 0.271 e. The summed E-state index contributed by atoms with van der Waals surface area (Å²) in [6.45, 7) is 0. The van der Waals surface area contributed by atoms with E-state index in [4.69, 9.17) is 23.9 Å². The molecule has 0 bridgehead atoms. The first-order valence-electron chi connectivity index (χ1n) is 5.04. The SMILES string of the molecule is C#CCCCC(NN)c1c(F)cccc1Cl. The summed E-state index contributed by atoms with van der Waals surface area (Å²) in [6.07, 6.45) is 7.22. The van der Waals surface area contributed by atoms with Gasteiger partial charge in [0.15, 0.2) is 0 Å². The lowest BCUT2D eigenvalue weighted by Crippen LogP contribution is -2.29. The second kappa shape index (κ2) is 6.49. The number of halogens is 2. The predicted molar refractivity (Wildman–Crippen MR) is 64.2 cm³/mol. The highest BCUT2D eigenvalue weighted by Gasteiger charge is 2.17. The zero-order valence-corrected chi connectivity index (χ0v) is 9.60. The molecule has 1 unspecified atom stereocenters. The molecule has 2 nitrogen and oxygen atoms in total. The molecule has 3 N–H and O–H groups in total. The number of hydrogen-bond acceptors (Lipinski definition) is 2. The van der Waals surface area contributed by atoms with Gasteiger partial charge in [0.1, 0.15) is 5.82 Å². The van der Waals surface area contributed by atoms with Gasteiger partial charge in [0.25, 0.3) is 0 Å². The van der Waals surface area contributed by atoms with E-state index in [0.29, 0.717) is 23.4 Å². The fourth-order valence-corrected chi connectivity index (χ4v) is 1.86. The first-order chi connectivity index (χ1) is 7.70. The number of unbranched alkanes of at least 4 members (excludes halogenated alkanes) is 1. The molecule has 4 heteroatoms. The Morgan fingerprint density at radius 2 is 2.31 bits per heavy atom. The number of rotatable bonds is 5. The van der Waals surface area contributed by atoms with Gasteiger partial charge < -0.3 is 0 Å². The molecule has 0 saturated heterocycles. The molecule has 0 aromatic heterocycles. The molecular formula is C12H14ClFN2. The number of hydrogen-bond donors (Lipinski definition) is 2. The van der Waals surface area contributed by atoms with Gasteiger partial charge in [-0.2, -0.15) is 0 Å². The van der Waals surface area contributed by atoms with Crippen LogP contribution in [0.1, 0.15) is 30.9 Å². The first kappa shape index (κ1) is 13.0. The molecular weight excluding hydrogens is 227 g/mol. The average molecular weight is 241 g/mol. The molecule has 1 rings (SSSR count). The fraction of sp³-hybridized carbons (Fsp3) is 0.333. The summed E-state index contributed by atoms with van der Waals surface area (Å²) in [7, 11) is 0. The molecule has 0 aliphatic heterocycles. The molecule has 1 aromatic carbocycles. The summed E-state index contributed by atoms with van der Waals surface area (Å²) in [5.41, 5.74) is 2.97. The lowest BCUT2D eigenvalue weighted by Gasteiger charge is -2.17. The van der Waals surface area contributed by atoms with Crippen LogP contribution in [0.15, 0.2) is 18.2 Å². The van der Waals surface area contributed by atoms with Crippen molar-refractivity contribution in [3.8, 4) is 12.3 Å². The molecule has 0 heterocycles. The number of benzene rings is 1. The first-order valence-corrected chi connectivity index (χ1v) is 5.42. The monoisotopic (exact) mass is 240 g/mol. The normalized spacial score (nSPS) is 12.1. The molecule has 1 atom stereocenters. The molecule has 86 valence electrons. The third-order valence-electron chi connectivity index (χ3n) is 2.36. The van der Waals surface area contributed by atoms with E-state index in [9.17, 15) is 4.39 Å². The minimum atomic E-state index is -0.351. The Labute approximate surface area is 99.9 Å². The average Bonchev–Trinajstić information content (AvgIpc) is 2.26. The summed E-state index contributed by atoms with van der Waals surface area (Å²) in [5, 5.41) is 0.378. The number of terminal acetylenes is 1.